The van der Waals surface area contributed by atoms with Gasteiger partial charge in [0.1, 0.15) is 5.76 Å². The molecule has 3 rings (SSSR count). The number of morpholine rings is 1. The monoisotopic (exact) mass is 290 g/mol. The number of nitrogens with one attached hydrogen (secondary N) is 1. The molecular weight excluding hydrogens is 272 g/mol. The largest absolute Gasteiger partial charge is 0.467 e. The molecule has 1 aliphatic rings. The molecule has 0 aliphatic carbocycles. The molecule has 1 unspecified atom stereocenters. The van der Waals surface area contributed by atoms with Crippen molar-refractivity contribution in [1.29, 1.82) is 0 Å². The Morgan fingerprint density at radius 1 is 1.48 bits per heavy atom. The van der Waals surface area contributed by atoms with Gasteiger partial charge < -0.3 is 19.4 Å². The molecule has 112 valence electrons. The van der Waals surface area contributed by atoms with E-state index in [0.29, 0.717) is 32.8 Å². The van der Waals surface area contributed by atoms with Gasteiger partial charge in [0.15, 0.2) is 0 Å². The second-order valence-corrected chi connectivity index (χ2v) is 4.90. The fourth-order valence-corrected chi connectivity index (χ4v) is 2.32. The Kier molecular flexibility index (Phi) is 4.20. The van der Waals surface area contributed by atoms with E-state index in [-0.39, 0.29) is 12.1 Å². The molecule has 7 heteroatoms. The van der Waals surface area contributed by atoms with Crippen molar-refractivity contribution in [3.05, 3.63) is 42.6 Å². The van der Waals surface area contributed by atoms with Crippen molar-refractivity contribution in [3.8, 4) is 0 Å². The van der Waals surface area contributed by atoms with Crippen molar-refractivity contribution in [1.82, 2.24) is 20.0 Å². The summed E-state index contributed by atoms with van der Waals surface area (Å²) in [5.74, 6) is 0.740. The summed E-state index contributed by atoms with van der Waals surface area (Å²) in [7, 11) is 0. The number of nitrogens with zero attached hydrogens (tertiary/aromatic N) is 3. The molecule has 2 aromatic heterocycles. The van der Waals surface area contributed by atoms with Gasteiger partial charge in [-0.1, -0.05) is 0 Å². The first-order valence-electron chi connectivity index (χ1n) is 6.95. The van der Waals surface area contributed by atoms with Gasteiger partial charge in [0.25, 0.3) is 0 Å². The van der Waals surface area contributed by atoms with E-state index in [2.05, 4.69) is 10.4 Å². The summed E-state index contributed by atoms with van der Waals surface area (Å²) >= 11 is 0. The molecule has 1 aliphatic heterocycles. The van der Waals surface area contributed by atoms with E-state index >= 15 is 0 Å². The minimum Gasteiger partial charge on any atom is -0.467 e. The normalized spacial score (nSPS) is 18.7. The lowest BCUT2D eigenvalue weighted by molar-refractivity contribution is -0.0238. The van der Waals surface area contributed by atoms with Crippen molar-refractivity contribution >= 4 is 6.03 Å². The zero-order chi connectivity index (χ0) is 14.5. The smallest absolute Gasteiger partial charge is 0.317 e. The van der Waals surface area contributed by atoms with Gasteiger partial charge in [-0.25, -0.2) is 4.79 Å². The van der Waals surface area contributed by atoms with Crippen molar-refractivity contribution < 1.29 is 13.9 Å². The number of carbonyl (C=O) groups excluding carboxylic acids is 1. The van der Waals surface area contributed by atoms with Crippen LogP contribution in [0.5, 0.6) is 0 Å². The number of ether oxygens (including phenoxy) is 1. The molecule has 0 bridgehead atoms. The number of carbonyl (C=O) groups is 1. The summed E-state index contributed by atoms with van der Waals surface area (Å²) in [6.45, 7) is 2.74. The molecule has 1 saturated heterocycles. The van der Waals surface area contributed by atoms with Crippen LogP contribution in [0.3, 0.4) is 0 Å². The van der Waals surface area contributed by atoms with Crippen molar-refractivity contribution in [2.24, 2.45) is 0 Å². The number of urea groups is 1. The van der Waals surface area contributed by atoms with Gasteiger partial charge in [0, 0.05) is 18.9 Å². The third kappa shape index (κ3) is 3.63. The lowest BCUT2D eigenvalue weighted by Crippen LogP contribution is -2.50. The fraction of sp³-hybridized carbons (Fsp3) is 0.429. The van der Waals surface area contributed by atoms with Gasteiger partial charge >= 0.3 is 6.03 Å². The van der Waals surface area contributed by atoms with Crippen molar-refractivity contribution in [2.45, 2.75) is 19.2 Å². The highest BCUT2D eigenvalue weighted by atomic mass is 16.5. The van der Waals surface area contributed by atoms with Crippen LogP contribution in [0, 0.1) is 0 Å². The highest BCUT2D eigenvalue weighted by Gasteiger charge is 2.24. The van der Waals surface area contributed by atoms with E-state index in [9.17, 15) is 4.79 Å². The predicted molar refractivity (Wildman–Crippen MR) is 74.5 cm³/mol. The van der Waals surface area contributed by atoms with Crippen LogP contribution in [-0.4, -0.2) is 46.5 Å². The lowest BCUT2D eigenvalue weighted by Gasteiger charge is -2.32. The zero-order valence-electron chi connectivity index (χ0n) is 11.6. The third-order valence-electron chi connectivity index (χ3n) is 3.37. The molecular formula is C14H18N4O3. The SMILES string of the molecule is O=C(NCc1ccco1)N1CCOC(Cn2cccn2)C1. The van der Waals surface area contributed by atoms with Crippen molar-refractivity contribution in [3.63, 3.8) is 0 Å². The first kappa shape index (κ1) is 13.7. The Labute approximate surface area is 122 Å². The quantitative estimate of drug-likeness (QED) is 0.914. The Morgan fingerprint density at radius 2 is 2.43 bits per heavy atom. The summed E-state index contributed by atoms with van der Waals surface area (Å²) in [5.41, 5.74) is 0. The van der Waals surface area contributed by atoms with E-state index < -0.39 is 0 Å². The number of aromatic nitrogens is 2. The minimum absolute atomic E-state index is 0.0342. The molecule has 2 aromatic rings. The van der Waals surface area contributed by atoms with Crippen LogP contribution in [0.25, 0.3) is 0 Å². The molecule has 1 atom stereocenters. The van der Waals surface area contributed by atoms with E-state index in [1.807, 2.05) is 23.0 Å². The minimum atomic E-state index is -0.0971. The molecule has 0 aromatic carbocycles. The Balaban J connectivity index is 1.49. The summed E-state index contributed by atoms with van der Waals surface area (Å²) in [4.78, 5) is 13.9. The van der Waals surface area contributed by atoms with E-state index in [4.69, 9.17) is 9.15 Å². The average Bonchev–Trinajstić information content (AvgIpc) is 3.18. The number of furan rings is 1. The van der Waals surface area contributed by atoms with Gasteiger partial charge in [-0.05, 0) is 18.2 Å². The molecule has 2 amide bonds. The second kappa shape index (κ2) is 6.45. The molecule has 0 spiro atoms. The van der Waals surface area contributed by atoms with Crippen LogP contribution in [0.15, 0.2) is 41.3 Å². The van der Waals surface area contributed by atoms with E-state index in [1.165, 1.54) is 0 Å². The van der Waals surface area contributed by atoms with E-state index in [1.54, 1.807) is 23.4 Å². The molecule has 7 nitrogen and oxygen atoms in total. The highest BCUT2D eigenvalue weighted by molar-refractivity contribution is 5.74. The summed E-state index contributed by atoms with van der Waals surface area (Å²) in [6, 6.07) is 5.41. The van der Waals surface area contributed by atoms with Crippen LogP contribution in [0.2, 0.25) is 0 Å². The fourth-order valence-electron chi connectivity index (χ4n) is 2.32. The van der Waals surface area contributed by atoms with Crippen LogP contribution < -0.4 is 5.32 Å². The summed E-state index contributed by atoms with van der Waals surface area (Å²) in [6.07, 6.45) is 5.18. The molecule has 3 heterocycles. The lowest BCUT2D eigenvalue weighted by atomic mass is 10.3. The molecule has 21 heavy (non-hydrogen) atoms. The molecule has 1 N–H and O–H groups in total. The van der Waals surface area contributed by atoms with Crippen molar-refractivity contribution in [2.75, 3.05) is 19.7 Å². The number of rotatable bonds is 4. The first-order chi connectivity index (χ1) is 10.3. The maximum Gasteiger partial charge on any atom is 0.317 e. The number of hydrogen-bond donors (Lipinski definition) is 1. The third-order valence-corrected chi connectivity index (χ3v) is 3.37. The topological polar surface area (TPSA) is 72.5 Å². The van der Waals surface area contributed by atoms with Crippen LogP contribution in [0.4, 0.5) is 4.79 Å². The van der Waals surface area contributed by atoms with E-state index in [0.717, 1.165) is 5.76 Å². The molecule has 1 fully saturated rings. The standard InChI is InChI=1S/C14H18N4O3/c19-14(15-9-12-3-1-7-20-12)17-6-8-21-13(10-17)11-18-5-2-4-16-18/h1-5,7,13H,6,8-11H2,(H,15,19). The van der Waals surface area contributed by atoms with Gasteiger partial charge in [-0.2, -0.15) is 5.10 Å². The Morgan fingerprint density at radius 3 is 3.19 bits per heavy atom. The average molecular weight is 290 g/mol. The van der Waals surface area contributed by atoms with Crippen LogP contribution in [0.1, 0.15) is 5.76 Å². The van der Waals surface area contributed by atoms with Crippen LogP contribution in [-0.2, 0) is 17.8 Å². The Hall–Kier alpha value is -2.28. The first-order valence-corrected chi connectivity index (χ1v) is 6.95. The van der Waals surface area contributed by atoms with Crippen LogP contribution >= 0.6 is 0 Å². The van der Waals surface area contributed by atoms with Gasteiger partial charge in [0.05, 0.1) is 38.6 Å². The van der Waals surface area contributed by atoms with Gasteiger partial charge in [-0.15, -0.1) is 0 Å². The molecule has 0 saturated carbocycles. The highest BCUT2D eigenvalue weighted by Crippen LogP contribution is 2.08. The second-order valence-electron chi connectivity index (χ2n) is 4.90. The molecule has 0 radical (unpaired) electrons. The summed E-state index contributed by atoms with van der Waals surface area (Å²) in [5, 5.41) is 7.00. The number of amides is 2. The Bertz CT molecular complexity index is 553. The number of hydrogen-bond acceptors (Lipinski definition) is 4. The summed E-state index contributed by atoms with van der Waals surface area (Å²) < 4.78 is 12.7. The maximum atomic E-state index is 12.1. The van der Waals surface area contributed by atoms with Gasteiger partial charge in [0.2, 0.25) is 0 Å². The maximum absolute atomic E-state index is 12.1. The predicted octanol–water partition coefficient (Wildman–Crippen LogP) is 1.09. The zero-order valence-corrected chi connectivity index (χ0v) is 11.6. The van der Waals surface area contributed by atoms with Gasteiger partial charge in [-0.3, -0.25) is 4.68 Å².